The lowest BCUT2D eigenvalue weighted by molar-refractivity contribution is 0.660. The van der Waals surface area contributed by atoms with E-state index in [-0.39, 0.29) is 0 Å². The quantitative estimate of drug-likeness (QED) is 0.852. The van der Waals surface area contributed by atoms with Crippen molar-refractivity contribution in [2.75, 3.05) is 5.32 Å². The summed E-state index contributed by atoms with van der Waals surface area (Å²) in [4.78, 5) is 4.12. The van der Waals surface area contributed by atoms with E-state index in [4.69, 9.17) is 0 Å². The van der Waals surface area contributed by atoms with Gasteiger partial charge in [0.2, 0.25) is 0 Å². The predicted octanol–water partition coefficient (Wildman–Crippen LogP) is 2.22. The van der Waals surface area contributed by atoms with Gasteiger partial charge in [-0.3, -0.25) is 9.67 Å². The minimum Gasteiger partial charge on any atom is -0.378 e. The smallest absolute Gasteiger partial charge is 0.0729 e. The molecule has 2 aromatic heterocycles. The second-order valence-corrected chi connectivity index (χ2v) is 3.74. The number of anilines is 1. The molecule has 0 saturated carbocycles. The van der Waals surface area contributed by atoms with E-state index >= 15 is 0 Å². The highest BCUT2D eigenvalue weighted by Crippen LogP contribution is 2.10. The van der Waals surface area contributed by atoms with E-state index in [2.05, 4.69) is 29.2 Å². The summed E-state index contributed by atoms with van der Waals surface area (Å²) in [5, 5.41) is 7.54. The molecule has 4 heteroatoms. The van der Waals surface area contributed by atoms with Crippen molar-refractivity contribution < 1.29 is 0 Å². The summed E-state index contributed by atoms with van der Waals surface area (Å²) in [6, 6.07) is 2.02. The van der Waals surface area contributed by atoms with Gasteiger partial charge in [-0.25, -0.2) is 0 Å². The summed E-state index contributed by atoms with van der Waals surface area (Å²) in [5.41, 5.74) is 3.52. The van der Waals surface area contributed by atoms with Crippen molar-refractivity contribution in [2.45, 2.75) is 26.9 Å². The monoisotopic (exact) mass is 216 g/mol. The largest absolute Gasteiger partial charge is 0.378 e. The van der Waals surface area contributed by atoms with Crippen LogP contribution < -0.4 is 5.32 Å². The van der Waals surface area contributed by atoms with Crippen LogP contribution in [-0.4, -0.2) is 14.8 Å². The van der Waals surface area contributed by atoms with Crippen LogP contribution in [0.2, 0.25) is 0 Å². The molecular formula is C12H16N4. The minimum absolute atomic E-state index is 0.787. The molecule has 0 saturated heterocycles. The third-order valence-electron chi connectivity index (χ3n) is 2.59. The molecule has 0 bridgehead atoms. The summed E-state index contributed by atoms with van der Waals surface area (Å²) in [5.74, 6) is 0. The highest BCUT2D eigenvalue weighted by atomic mass is 15.3. The van der Waals surface area contributed by atoms with Gasteiger partial charge in [-0.1, -0.05) is 0 Å². The van der Waals surface area contributed by atoms with Crippen molar-refractivity contribution >= 4 is 5.69 Å². The number of nitrogens with zero attached hydrogens (tertiary/aromatic N) is 3. The molecule has 2 heterocycles. The number of nitrogens with one attached hydrogen (secondary N) is 1. The van der Waals surface area contributed by atoms with Crippen LogP contribution >= 0.6 is 0 Å². The highest BCUT2D eigenvalue weighted by molar-refractivity contribution is 5.39. The maximum Gasteiger partial charge on any atom is 0.0729 e. The van der Waals surface area contributed by atoms with Crippen molar-refractivity contribution in [2.24, 2.45) is 0 Å². The molecule has 0 atom stereocenters. The Morgan fingerprint density at radius 2 is 2.25 bits per heavy atom. The topological polar surface area (TPSA) is 42.7 Å². The van der Waals surface area contributed by atoms with Crippen LogP contribution in [0.15, 0.2) is 30.9 Å². The fourth-order valence-corrected chi connectivity index (χ4v) is 1.51. The lowest BCUT2D eigenvalue weighted by Gasteiger charge is -2.05. The van der Waals surface area contributed by atoms with Gasteiger partial charge in [-0.15, -0.1) is 0 Å². The van der Waals surface area contributed by atoms with E-state index in [1.807, 2.05) is 35.5 Å². The zero-order valence-corrected chi connectivity index (χ0v) is 9.64. The molecule has 0 aliphatic carbocycles. The van der Waals surface area contributed by atoms with Crippen molar-refractivity contribution in [3.05, 3.63) is 42.0 Å². The van der Waals surface area contributed by atoms with Gasteiger partial charge in [0.15, 0.2) is 0 Å². The molecular weight excluding hydrogens is 200 g/mol. The van der Waals surface area contributed by atoms with Gasteiger partial charge in [0.05, 0.1) is 11.9 Å². The summed E-state index contributed by atoms with van der Waals surface area (Å²) in [6.07, 6.45) is 7.56. The number of rotatable bonds is 4. The molecule has 84 valence electrons. The molecule has 0 radical (unpaired) electrons. The Labute approximate surface area is 95.3 Å². The van der Waals surface area contributed by atoms with Gasteiger partial charge in [0, 0.05) is 31.7 Å². The average Bonchev–Trinajstić information content (AvgIpc) is 2.76. The van der Waals surface area contributed by atoms with Crippen LogP contribution in [-0.2, 0) is 13.1 Å². The van der Waals surface area contributed by atoms with E-state index < -0.39 is 0 Å². The fourth-order valence-electron chi connectivity index (χ4n) is 1.51. The molecule has 0 aliphatic rings. The lowest BCUT2D eigenvalue weighted by Crippen LogP contribution is -2.01. The Kier molecular flexibility index (Phi) is 3.19. The summed E-state index contributed by atoms with van der Waals surface area (Å²) in [7, 11) is 0. The number of hydrogen-bond acceptors (Lipinski definition) is 3. The van der Waals surface area contributed by atoms with Crippen molar-refractivity contribution in [3.63, 3.8) is 0 Å². The molecule has 1 N–H and O–H groups in total. The van der Waals surface area contributed by atoms with Crippen molar-refractivity contribution in [1.82, 2.24) is 14.8 Å². The first-order valence-corrected chi connectivity index (χ1v) is 5.45. The molecule has 0 aromatic carbocycles. The van der Waals surface area contributed by atoms with Gasteiger partial charge >= 0.3 is 0 Å². The Bertz CT molecular complexity index is 462. The predicted molar refractivity (Wildman–Crippen MR) is 64.2 cm³/mol. The van der Waals surface area contributed by atoms with Gasteiger partial charge in [0.1, 0.15) is 0 Å². The normalized spacial score (nSPS) is 10.4. The number of hydrogen-bond donors (Lipinski definition) is 1. The molecule has 0 unspecified atom stereocenters. The SMILES string of the molecule is CCn1cc(NCc2cnccc2C)cn1. The first-order chi connectivity index (χ1) is 7.79. The van der Waals surface area contributed by atoms with Crippen molar-refractivity contribution in [3.8, 4) is 0 Å². The Morgan fingerprint density at radius 3 is 2.94 bits per heavy atom. The number of aromatic nitrogens is 3. The van der Waals surface area contributed by atoms with E-state index in [9.17, 15) is 0 Å². The third-order valence-corrected chi connectivity index (χ3v) is 2.59. The standard InChI is InChI=1S/C12H16N4/c1-3-16-9-12(8-15-16)14-7-11-6-13-5-4-10(11)2/h4-6,8-9,14H,3,7H2,1-2H3. The van der Waals surface area contributed by atoms with Crippen LogP contribution in [0.1, 0.15) is 18.1 Å². The van der Waals surface area contributed by atoms with Crippen molar-refractivity contribution in [1.29, 1.82) is 0 Å². The maximum absolute atomic E-state index is 4.21. The van der Waals surface area contributed by atoms with Gasteiger partial charge < -0.3 is 5.32 Å². The van der Waals surface area contributed by atoms with E-state index in [1.54, 1.807) is 0 Å². The fraction of sp³-hybridized carbons (Fsp3) is 0.333. The van der Waals surface area contributed by atoms with Crippen LogP contribution in [0.25, 0.3) is 0 Å². The first kappa shape index (κ1) is 10.7. The first-order valence-electron chi connectivity index (χ1n) is 5.45. The molecule has 2 rings (SSSR count). The van der Waals surface area contributed by atoms with E-state index in [0.717, 1.165) is 18.8 Å². The zero-order valence-electron chi connectivity index (χ0n) is 9.64. The van der Waals surface area contributed by atoms with Gasteiger partial charge in [-0.05, 0) is 31.0 Å². The van der Waals surface area contributed by atoms with Crippen LogP contribution in [0, 0.1) is 6.92 Å². The summed E-state index contributed by atoms with van der Waals surface area (Å²) in [6.45, 7) is 5.85. The molecule has 16 heavy (non-hydrogen) atoms. The molecule has 0 spiro atoms. The van der Waals surface area contributed by atoms with Crippen LogP contribution in [0.5, 0.6) is 0 Å². The number of pyridine rings is 1. The van der Waals surface area contributed by atoms with Gasteiger partial charge in [0.25, 0.3) is 0 Å². The molecule has 4 nitrogen and oxygen atoms in total. The zero-order chi connectivity index (χ0) is 11.4. The Morgan fingerprint density at radius 1 is 1.38 bits per heavy atom. The van der Waals surface area contributed by atoms with E-state index in [0.29, 0.717) is 0 Å². The number of aryl methyl sites for hydroxylation is 2. The molecule has 0 aliphatic heterocycles. The Balaban J connectivity index is 1.99. The van der Waals surface area contributed by atoms with Gasteiger partial charge in [-0.2, -0.15) is 5.10 Å². The van der Waals surface area contributed by atoms with Crippen LogP contribution in [0.4, 0.5) is 5.69 Å². The minimum atomic E-state index is 0.787. The summed E-state index contributed by atoms with van der Waals surface area (Å²) < 4.78 is 1.90. The maximum atomic E-state index is 4.21. The highest BCUT2D eigenvalue weighted by Gasteiger charge is 1.99. The lowest BCUT2D eigenvalue weighted by atomic mass is 10.1. The second-order valence-electron chi connectivity index (χ2n) is 3.74. The average molecular weight is 216 g/mol. The molecule has 0 amide bonds. The summed E-state index contributed by atoms with van der Waals surface area (Å²) >= 11 is 0. The Hall–Kier alpha value is -1.84. The molecule has 2 aromatic rings. The van der Waals surface area contributed by atoms with E-state index in [1.165, 1.54) is 11.1 Å². The third kappa shape index (κ3) is 2.39. The second kappa shape index (κ2) is 4.79. The van der Waals surface area contributed by atoms with Crippen LogP contribution in [0.3, 0.4) is 0 Å². The molecule has 0 fully saturated rings.